The lowest BCUT2D eigenvalue weighted by Crippen LogP contribution is -2.40. The van der Waals surface area contributed by atoms with Crippen molar-refractivity contribution in [2.24, 2.45) is 0 Å². The highest BCUT2D eigenvalue weighted by Gasteiger charge is 2.23. The molecule has 6 heteroatoms. The Labute approximate surface area is 161 Å². The summed E-state index contributed by atoms with van der Waals surface area (Å²) in [5.41, 5.74) is 1.16. The van der Waals surface area contributed by atoms with Crippen LogP contribution in [0.4, 0.5) is 11.6 Å². The molecule has 144 valence electrons. The zero-order chi connectivity index (χ0) is 19.2. The largest absolute Gasteiger partial charge is 0.491 e. The van der Waals surface area contributed by atoms with Crippen LogP contribution in [-0.2, 0) is 0 Å². The minimum Gasteiger partial charge on any atom is -0.491 e. The Morgan fingerprint density at radius 3 is 2.56 bits per heavy atom. The molecule has 0 aliphatic carbocycles. The van der Waals surface area contributed by atoms with Crippen molar-refractivity contribution in [2.75, 3.05) is 16.8 Å². The Bertz CT molecular complexity index is 744. The summed E-state index contributed by atoms with van der Waals surface area (Å²) in [7, 11) is 0. The number of ether oxygens (including phenoxy) is 1. The van der Waals surface area contributed by atoms with Crippen molar-refractivity contribution in [1.29, 1.82) is 0 Å². The standard InChI is InChI=1S/C21H28N4O2/c1-4-18-7-5-6-12-25(18)21-22-13-16(14-23-21)20(26)24-17-8-10-19(11-9-17)27-15(2)3/h8-11,13-15,18H,4-7,12H2,1-3H3,(H,24,26). The molecular weight excluding hydrogens is 340 g/mol. The lowest BCUT2D eigenvalue weighted by Gasteiger charge is -2.35. The number of nitrogens with one attached hydrogen (secondary N) is 1. The van der Waals surface area contributed by atoms with Crippen molar-refractivity contribution in [2.45, 2.75) is 58.6 Å². The number of aromatic nitrogens is 2. The lowest BCUT2D eigenvalue weighted by molar-refractivity contribution is 0.102. The van der Waals surface area contributed by atoms with E-state index in [1.54, 1.807) is 12.4 Å². The van der Waals surface area contributed by atoms with Gasteiger partial charge in [-0.25, -0.2) is 9.97 Å². The fraction of sp³-hybridized carbons (Fsp3) is 0.476. The van der Waals surface area contributed by atoms with Crippen molar-refractivity contribution < 1.29 is 9.53 Å². The number of hydrogen-bond donors (Lipinski definition) is 1. The lowest BCUT2D eigenvalue weighted by atomic mass is 10.0. The van der Waals surface area contributed by atoms with Crippen LogP contribution in [0.5, 0.6) is 5.75 Å². The van der Waals surface area contributed by atoms with Crippen LogP contribution in [0.2, 0.25) is 0 Å². The van der Waals surface area contributed by atoms with Crippen molar-refractivity contribution in [3.63, 3.8) is 0 Å². The molecule has 27 heavy (non-hydrogen) atoms. The maximum atomic E-state index is 12.4. The van der Waals surface area contributed by atoms with E-state index in [0.717, 1.165) is 18.7 Å². The van der Waals surface area contributed by atoms with Crippen LogP contribution in [0.15, 0.2) is 36.7 Å². The number of hydrogen-bond acceptors (Lipinski definition) is 5. The summed E-state index contributed by atoms with van der Waals surface area (Å²) in [6.45, 7) is 7.13. The average molecular weight is 368 g/mol. The van der Waals surface area contributed by atoms with Gasteiger partial charge in [-0.3, -0.25) is 4.79 Å². The first-order chi connectivity index (χ1) is 13.1. The molecule has 1 fully saturated rings. The predicted molar refractivity (Wildman–Crippen MR) is 107 cm³/mol. The molecule has 0 saturated carbocycles. The Morgan fingerprint density at radius 1 is 1.22 bits per heavy atom. The summed E-state index contributed by atoms with van der Waals surface area (Å²) < 4.78 is 5.61. The smallest absolute Gasteiger partial charge is 0.258 e. The molecule has 1 unspecified atom stereocenters. The number of rotatable bonds is 6. The topological polar surface area (TPSA) is 67.4 Å². The van der Waals surface area contributed by atoms with Gasteiger partial charge in [-0.15, -0.1) is 0 Å². The molecule has 1 aromatic heterocycles. The summed E-state index contributed by atoms with van der Waals surface area (Å²) in [5.74, 6) is 1.28. The van der Waals surface area contributed by atoms with Crippen LogP contribution in [0.1, 0.15) is 56.8 Å². The van der Waals surface area contributed by atoms with Crippen LogP contribution in [0.25, 0.3) is 0 Å². The van der Waals surface area contributed by atoms with E-state index in [9.17, 15) is 4.79 Å². The Kier molecular flexibility index (Phi) is 6.27. The molecule has 1 N–H and O–H groups in total. The quantitative estimate of drug-likeness (QED) is 0.824. The zero-order valence-corrected chi connectivity index (χ0v) is 16.3. The van der Waals surface area contributed by atoms with E-state index in [1.807, 2.05) is 38.1 Å². The molecule has 0 radical (unpaired) electrons. The van der Waals surface area contributed by atoms with Gasteiger partial charge in [0.05, 0.1) is 11.7 Å². The Balaban J connectivity index is 1.63. The Hall–Kier alpha value is -2.63. The predicted octanol–water partition coefficient (Wildman–Crippen LogP) is 4.29. The fourth-order valence-corrected chi connectivity index (χ4v) is 3.37. The number of benzene rings is 1. The van der Waals surface area contributed by atoms with Gasteiger partial charge >= 0.3 is 0 Å². The molecule has 0 bridgehead atoms. The SMILES string of the molecule is CCC1CCCCN1c1ncc(C(=O)Nc2ccc(OC(C)C)cc2)cn1. The molecule has 2 heterocycles. The molecule has 1 aromatic carbocycles. The van der Waals surface area contributed by atoms with Crippen LogP contribution in [-0.4, -0.2) is 34.6 Å². The van der Waals surface area contributed by atoms with Gasteiger partial charge in [0.2, 0.25) is 5.95 Å². The third-order valence-corrected chi connectivity index (χ3v) is 4.74. The summed E-state index contributed by atoms with van der Waals surface area (Å²) in [6.07, 6.45) is 8.02. The number of carbonyl (C=O) groups excluding carboxylic acids is 1. The highest BCUT2D eigenvalue weighted by Crippen LogP contribution is 2.23. The van der Waals surface area contributed by atoms with Crippen LogP contribution >= 0.6 is 0 Å². The third kappa shape index (κ3) is 4.96. The number of anilines is 2. The monoisotopic (exact) mass is 368 g/mol. The number of carbonyl (C=O) groups is 1. The van der Waals surface area contributed by atoms with E-state index in [2.05, 4.69) is 27.1 Å². The van der Waals surface area contributed by atoms with Gasteiger partial charge in [0.15, 0.2) is 0 Å². The molecule has 6 nitrogen and oxygen atoms in total. The molecule has 1 aliphatic heterocycles. The molecule has 1 saturated heterocycles. The van der Waals surface area contributed by atoms with Crippen LogP contribution in [0.3, 0.4) is 0 Å². The van der Waals surface area contributed by atoms with E-state index >= 15 is 0 Å². The highest BCUT2D eigenvalue weighted by atomic mass is 16.5. The molecule has 2 aromatic rings. The maximum absolute atomic E-state index is 12.4. The van der Waals surface area contributed by atoms with Crippen molar-refractivity contribution >= 4 is 17.5 Å². The minimum absolute atomic E-state index is 0.119. The van der Waals surface area contributed by atoms with Gasteiger partial charge in [0.25, 0.3) is 5.91 Å². The molecule has 1 amide bonds. The van der Waals surface area contributed by atoms with Gasteiger partial charge < -0.3 is 15.0 Å². The summed E-state index contributed by atoms with van der Waals surface area (Å²) >= 11 is 0. The highest BCUT2D eigenvalue weighted by molar-refractivity contribution is 6.03. The van der Waals surface area contributed by atoms with Gasteiger partial charge in [0.1, 0.15) is 5.75 Å². The maximum Gasteiger partial charge on any atom is 0.258 e. The van der Waals surface area contributed by atoms with Crippen molar-refractivity contribution in [1.82, 2.24) is 9.97 Å². The second kappa shape index (κ2) is 8.84. The first kappa shape index (κ1) is 19.1. The molecular formula is C21H28N4O2. The number of amides is 1. The zero-order valence-electron chi connectivity index (χ0n) is 16.3. The number of nitrogens with zero attached hydrogens (tertiary/aromatic N) is 3. The Morgan fingerprint density at radius 2 is 1.93 bits per heavy atom. The van der Waals surface area contributed by atoms with Gasteiger partial charge in [-0.05, 0) is 63.8 Å². The van der Waals surface area contributed by atoms with Crippen LogP contribution in [0, 0.1) is 0 Å². The second-order valence-corrected chi connectivity index (χ2v) is 7.17. The third-order valence-electron chi connectivity index (χ3n) is 4.74. The van der Waals surface area contributed by atoms with Crippen LogP contribution < -0.4 is 15.0 Å². The summed E-state index contributed by atoms with van der Waals surface area (Å²) in [6, 6.07) is 7.83. The van der Waals surface area contributed by atoms with E-state index in [4.69, 9.17) is 4.74 Å². The van der Waals surface area contributed by atoms with E-state index in [0.29, 0.717) is 23.2 Å². The normalized spacial score (nSPS) is 17.0. The first-order valence-corrected chi connectivity index (χ1v) is 9.73. The number of piperidine rings is 1. The van der Waals surface area contributed by atoms with Gasteiger partial charge in [-0.1, -0.05) is 6.92 Å². The average Bonchev–Trinajstić information content (AvgIpc) is 2.69. The molecule has 3 rings (SSSR count). The second-order valence-electron chi connectivity index (χ2n) is 7.17. The van der Waals surface area contributed by atoms with E-state index < -0.39 is 0 Å². The molecule has 1 atom stereocenters. The fourth-order valence-electron chi connectivity index (χ4n) is 3.37. The molecule has 0 spiro atoms. The van der Waals surface area contributed by atoms with Gasteiger partial charge in [-0.2, -0.15) is 0 Å². The first-order valence-electron chi connectivity index (χ1n) is 9.73. The van der Waals surface area contributed by atoms with Gasteiger partial charge in [0, 0.05) is 30.7 Å². The van der Waals surface area contributed by atoms with Crippen molar-refractivity contribution in [3.8, 4) is 5.75 Å². The van der Waals surface area contributed by atoms with Crippen molar-refractivity contribution in [3.05, 3.63) is 42.2 Å². The van der Waals surface area contributed by atoms with E-state index in [-0.39, 0.29) is 12.0 Å². The summed E-state index contributed by atoms with van der Waals surface area (Å²) in [4.78, 5) is 23.6. The van der Waals surface area contributed by atoms with E-state index in [1.165, 1.54) is 19.3 Å². The minimum atomic E-state index is -0.218. The summed E-state index contributed by atoms with van der Waals surface area (Å²) in [5, 5.41) is 2.87. The molecule has 1 aliphatic rings.